The van der Waals surface area contributed by atoms with Crippen molar-refractivity contribution in [1.29, 1.82) is 0 Å². The average molecular weight is 370 g/mol. The van der Waals surface area contributed by atoms with Gasteiger partial charge in [-0.05, 0) is 42.6 Å². The summed E-state index contributed by atoms with van der Waals surface area (Å²) in [6.45, 7) is 6.99. The molecule has 1 heterocycles. The van der Waals surface area contributed by atoms with E-state index in [-0.39, 0.29) is 5.91 Å². The van der Waals surface area contributed by atoms with E-state index in [2.05, 4.69) is 53.4 Å². The molecular weight excluding hydrogens is 342 g/mol. The number of likely N-dealkylation sites (N-methyl/N-ethyl adjacent to an activating group) is 1. The van der Waals surface area contributed by atoms with Gasteiger partial charge >= 0.3 is 0 Å². The minimum absolute atomic E-state index is 0.00954. The van der Waals surface area contributed by atoms with Crippen molar-refractivity contribution in [3.8, 4) is 0 Å². The van der Waals surface area contributed by atoms with Gasteiger partial charge in [0.15, 0.2) is 0 Å². The van der Waals surface area contributed by atoms with Gasteiger partial charge in [-0.2, -0.15) is 0 Å². The first-order valence-corrected chi connectivity index (χ1v) is 10.2. The van der Waals surface area contributed by atoms with Crippen LogP contribution in [0.3, 0.4) is 0 Å². The molecule has 1 amide bonds. The molecule has 26 heavy (non-hydrogen) atoms. The second kappa shape index (κ2) is 9.10. The number of rotatable bonds is 6. The van der Waals surface area contributed by atoms with Gasteiger partial charge in [-0.25, -0.2) is 0 Å². The summed E-state index contributed by atoms with van der Waals surface area (Å²) in [4.78, 5) is 18.3. The van der Waals surface area contributed by atoms with E-state index in [1.807, 2.05) is 24.3 Å². The molecule has 0 atom stereocenters. The Morgan fingerprint density at radius 1 is 1.04 bits per heavy atom. The topological polar surface area (TPSA) is 35.6 Å². The normalized spacial score (nSPS) is 15.1. The summed E-state index contributed by atoms with van der Waals surface area (Å²) in [5.41, 5.74) is 3.14. The SMILES string of the molecule is CCSc1ccccc1C(=O)NCc1ccc(N2CCN(C)CC2)cc1. The second-order valence-corrected chi connectivity index (χ2v) is 7.87. The van der Waals surface area contributed by atoms with E-state index in [4.69, 9.17) is 0 Å². The summed E-state index contributed by atoms with van der Waals surface area (Å²) in [6, 6.07) is 16.3. The van der Waals surface area contributed by atoms with Gasteiger partial charge < -0.3 is 15.1 Å². The third kappa shape index (κ3) is 4.80. The van der Waals surface area contributed by atoms with E-state index in [0.717, 1.165) is 48.0 Å². The predicted octanol–water partition coefficient (Wildman–Crippen LogP) is 3.48. The van der Waals surface area contributed by atoms with Crippen LogP contribution in [0.4, 0.5) is 5.69 Å². The number of thioether (sulfide) groups is 1. The highest BCUT2D eigenvalue weighted by atomic mass is 32.2. The van der Waals surface area contributed by atoms with Gasteiger partial charge in [-0.3, -0.25) is 4.79 Å². The van der Waals surface area contributed by atoms with Crippen LogP contribution in [0, 0.1) is 0 Å². The molecule has 0 bridgehead atoms. The van der Waals surface area contributed by atoms with Crippen molar-refractivity contribution in [2.24, 2.45) is 0 Å². The number of nitrogens with zero attached hydrogens (tertiary/aromatic N) is 2. The average Bonchev–Trinajstić information content (AvgIpc) is 2.68. The molecule has 0 aromatic heterocycles. The number of anilines is 1. The lowest BCUT2D eigenvalue weighted by Gasteiger charge is -2.34. The van der Waals surface area contributed by atoms with Crippen molar-refractivity contribution in [3.05, 3.63) is 59.7 Å². The smallest absolute Gasteiger partial charge is 0.252 e. The third-order valence-electron chi connectivity index (χ3n) is 4.69. The van der Waals surface area contributed by atoms with Crippen LogP contribution in [0.2, 0.25) is 0 Å². The molecule has 0 spiro atoms. The molecule has 0 aliphatic carbocycles. The highest BCUT2D eigenvalue weighted by molar-refractivity contribution is 7.99. The highest BCUT2D eigenvalue weighted by Crippen LogP contribution is 2.22. The molecule has 1 aliphatic rings. The monoisotopic (exact) mass is 369 g/mol. The lowest BCUT2D eigenvalue weighted by molar-refractivity contribution is 0.0948. The van der Waals surface area contributed by atoms with Gasteiger partial charge in [0.2, 0.25) is 0 Å². The fraction of sp³-hybridized carbons (Fsp3) is 0.381. The first kappa shape index (κ1) is 18.8. The fourth-order valence-electron chi connectivity index (χ4n) is 3.10. The molecule has 1 saturated heterocycles. The fourth-order valence-corrected chi connectivity index (χ4v) is 3.90. The Labute approximate surface area is 160 Å². The summed E-state index contributed by atoms with van der Waals surface area (Å²) in [7, 11) is 2.17. The maximum atomic E-state index is 12.5. The molecule has 5 heteroatoms. The number of piperazine rings is 1. The first-order chi connectivity index (χ1) is 12.7. The summed E-state index contributed by atoms with van der Waals surface area (Å²) in [6.07, 6.45) is 0. The van der Waals surface area contributed by atoms with Crippen molar-refractivity contribution in [2.75, 3.05) is 43.9 Å². The van der Waals surface area contributed by atoms with Gasteiger partial charge in [-0.15, -0.1) is 11.8 Å². The summed E-state index contributed by atoms with van der Waals surface area (Å²) >= 11 is 1.70. The molecule has 0 unspecified atom stereocenters. The zero-order valence-electron chi connectivity index (χ0n) is 15.6. The molecular formula is C21H27N3OS. The Morgan fingerprint density at radius 2 is 1.73 bits per heavy atom. The minimum Gasteiger partial charge on any atom is -0.369 e. The molecule has 2 aromatic rings. The molecule has 4 nitrogen and oxygen atoms in total. The molecule has 2 aromatic carbocycles. The van der Waals surface area contributed by atoms with Crippen LogP contribution >= 0.6 is 11.8 Å². The lowest BCUT2D eigenvalue weighted by atomic mass is 10.1. The van der Waals surface area contributed by atoms with E-state index >= 15 is 0 Å². The standard InChI is InChI=1S/C21H27N3OS/c1-3-26-20-7-5-4-6-19(20)21(25)22-16-17-8-10-18(11-9-17)24-14-12-23(2)13-15-24/h4-11H,3,12-16H2,1-2H3,(H,22,25). The van der Waals surface area contributed by atoms with Gasteiger partial charge in [-0.1, -0.05) is 31.2 Å². The molecule has 0 saturated carbocycles. The van der Waals surface area contributed by atoms with Gasteiger partial charge in [0, 0.05) is 43.3 Å². The number of carbonyl (C=O) groups is 1. The van der Waals surface area contributed by atoms with Crippen LogP contribution in [0.25, 0.3) is 0 Å². The van der Waals surface area contributed by atoms with E-state index in [1.54, 1.807) is 11.8 Å². The van der Waals surface area contributed by atoms with Crippen LogP contribution in [0.1, 0.15) is 22.8 Å². The molecule has 138 valence electrons. The Hall–Kier alpha value is -1.98. The van der Waals surface area contributed by atoms with Crippen molar-refractivity contribution >= 4 is 23.4 Å². The van der Waals surface area contributed by atoms with Crippen LogP contribution in [-0.4, -0.2) is 49.8 Å². The number of carbonyl (C=O) groups excluding carboxylic acids is 1. The molecule has 1 N–H and O–H groups in total. The largest absolute Gasteiger partial charge is 0.369 e. The Bertz CT molecular complexity index is 724. The van der Waals surface area contributed by atoms with E-state index < -0.39 is 0 Å². The Morgan fingerprint density at radius 3 is 2.42 bits per heavy atom. The zero-order chi connectivity index (χ0) is 18.4. The number of hydrogen-bond acceptors (Lipinski definition) is 4. The van der Waals surface area contributed by atoms with Crippen molar-refractivity contribution < 1.29 is 4.79 Å². The highest BCUT2D eigenvalue weighted by Gasteiger charge is 2.14. The van der Waals surface area contributed by atoms with Crippen LogP contribution in [0.15, 0.2) is 53.4 Å². The van der Waals surface area contributed by atoms with E-state index in [9.17, 15) is 4.79 Å². The van der Waals surface area contributed by atoms with E-state index in [1.165, 1.54) is 5.69 Å². The quantitative estimate of drug-likeness (QED) is 0.791. The van der Waals surface area contributed by atoms with Crippen LogP contribution in [-0.2, 0) is 6.54 Å². The first-order valence-electron chi connectivity index (χ1n) is 9.20. The second-order valence-electron chi connectivity index (χ2n) is 6.57. The molecule has 1 fully saturated rings. The maximum absolute atomic E-state index is 12.5. The zero-order valence-corrected chi connectivity index (χ0v) is 16.4. The third-order valence-corrected chi connectivity index (χ3v) is 5.65. The number of nitrogens with one attached hydrogen (secondary N) is 1. The van der Waals surface area contributed by atoms with Crippen LogP contribution < -0.4 is 10.2 Å². The minimum atomic E-state index is -0.00954. The predicted molar refractivity (Wildman–Crippen MR) is 110 cm³/mol. The van der Waals surface area contributed by atoms with Gasteiger partial charge in [0.1, 0.15) is 0 Å². The summed E-state index contributed by atoms with van der Waals surface area (Å²) < 4.78 is 0. The van der Waals surface area contributed by atoms with Crippen molar-refractivity contribution in [3.63, 3.8) is 0 Å². The number of hydrogen-bond donors (Lipinski definition) is 1. The molecule has 1 aliphatic heterocycles. The Balaban J connectivity index is 1.57. The maximum Gasteiger partial charge on any atom is 0.252 e. The molecule has 0 radical (unpaired) electrons. The van der Waals surface area contributed by atoms with Crippen molar-refractivity contribution in [2.45, 2.75) is 18.4 Å². The van der Waals surface area contributed by atoms with Crippen molar-refractivity contribution in [1.82, 2.24) is 10.2 Å². The number of benzene rings is 2. The molecule has 3 rings (SSSR count). The van der Waals surface area contributed by atoms with E-state index in [0.29, 0.717) is 6.54 Å². The van der Waals surface area contributed by atoms with Gasteiger partial charge in [0.05, 0.1) is 5.56 Å². The van der Waals surface area contributed by atoms with Gasteiger partial charge in [0.25, 0.3) is 5.91 Å². The Kier molecular flexibility index (Phi) is 6.58. The summed E-state index contributed by atoms with van der Waals surface area (Å²) in [5.74, 6) is 0.947. The van der Waals surface area contributed by atoms with Crippen LogP contribution in [0.5, 0.6) is 0 Å². The lowest BCUT2D eigenvalue weighted by Crippen LogP contribution is -2.44. The summed E-state index contributed by atoms with van der Waals surface area (Å²) in [5, 5.41) is 3.05. The number of amides is 1.